The van der Waals surface area contributed by atoms with E-state index in [1.54, 1.807) is 0 Å². The molecular weight excluding hydrogens is 459 g/mol. The molecule has 0 spiro atoms. The number of aliphatic hydroxyl groups is 1. The number of aliphatic hydroxyl groups excluding tert-OH is 1. The van der Waals surface area contributed by atoms with E-state index in [4.69, 9.17) is 14.2 Å². The van der Waals surface area contributed by atoms with Crippen LogP contribution < -0.4 is 0 Å². The molecule has 0 amide bonds. The van der Waals surface area contributed by atoms with E-state index in [1.165, 1.54) is 12.1 Å². The number of fused-ring (bicyclic) bond motifs is 2. The zero-order chi connectivity index (χ0) is 26.2. The number of benzene rings is 1. The topological polar surface area (TPSA) is 65.0 Å². The van der Waals surface area contributed by atoms with Crippen molar-refractivity contribution in [2.75, 3.05) is 19.8 Å². The van der Waals surface area contributed by atoms with Crippen LogP contribution >= 0.6 is 0 Å². The summed E-state index contributed by atoms with van der Waals surface area (Å²) < 4.78 is 30.6. The Hall–Kier alpha value is -2.02. The summed E-state index contributed by atoms with van der Waals surface area (Å²) in [6.45, 7) is 8.50. The van der Waals surface area contributed by atoms with Crippen LogP contribution in [-0.2, 0) is 24.4 Å². The van der Waals surface area contributed by atoms with Gasteiger partial charge in [0.1, 0.15) is 18.0 Å². The number of hydrogen-bond donors (Lipinski definition) is 1. The van der Waals surface area contributed by atoms with Crippen molar-refractivity contribution in [3.8, 4) is 0 Å². The van der Waals surface area contributed by atoms with Crippen LogP contribution in [0.1, 0.15) is 71.8 Å². The van der Waals surface area contributed by atoms with Crippen molar-refractivity contribution in [1.29, 1.82) is 0 Å². The molecule has 36 heavy (non-hydrogen) atoms. The molecule has 6 heteroatoms. The molecule has 1 saturated carbocycles. The van der Waals surface area contributed by atoms with Crippen LogP contribution in [0.4, 0.5) is 4.39 Å². The average Bonchev–Trinajstić information content (AvgIpc) is 3.37. The summed E-state index contributed by atoms with van der Waals surface area (Å²) >= 11 is 0. The number of allylic oxidation sites excluding steroid dienone is 1. The minimum atomic E-state index is -0.527. The normalized spacial score (nSPS) is 26.8. The number of carbonyl (C=O) groups is 1. The zero-order valence-corrected chi connectivity index (χ0v) is 22.3. The lowest BCUT2D eigenvalue weighted by Gasteiger charge is -2.38. The fourth-order valence-electron chi connectivity index (χ4n) is 5.55. The second kappa shape index (κ2) is 13.0. The van der Waals surface area contributed by atoms with E-state index in [0.29, 0.717) is 13.2 Å². The fraction of sp³-hybridized carbons (Fsp3) is 0.633. The van der Waals surface area contributed by atoms with Gasteiger partial charge >= 0.3 is 5.97 Å². The van der Waals surface area contributed by atoms with E-state index < -0.39 is 11.7 Å². The van der Waals surface area contributed by atoms with Gasteiger partial charge in [-0.1, -0.05) is 62.6 Å². The van der Waals surface area contributed by atoms with Crippen molar-refractivity contribution in [1.82, 2.24) is 0 Å². The molecule has 1 aromatic rings. The summed E-state index contributed by atoms with van der Waals surface area (Å²) in [5.41, 5.74) is 0.383. The number of unbranched alkanes of at least 4 members (excludes halogenated alkanes) is 2. The highest BCUT2D eigenvalue weighted by atomic mass is 19.1. The summed E-state index contributed by atoms with van der Waals surface area (Å²) in [6.07, 6.45) is 13.5. The van der Waals surface area contributed by atoms with Gasteiger partial charge in [-0.3, -0.25) is 0 Å². The maximum absolute atomic E-state index is 13.7. The molecule has 1 aliphatic heterocycles. The molecule has 5 atom stereocenters. The molecule has 0 radical (unpaired) electrons. The molecule has 2 aliphatic rings. The van der Waals surface area contributed by atoms with Crippen molar-refractivity contribution >= 4 is 5.97 Å². The molecule has 5 nitrogen and oxygen atoms in total. The SMILES string of the molecule is CCCCC[C@@H](O)/C=C/[C@@H]1[C@@H]2C[C@@](c3ccc(F)cc3)(CO2)[C@H]1C/C=C\COCC(=O)OC(C)(C)C. The van der Waals surface area contributed by atoms with Crippen LogP contribution in [-0.4, -0.2) is 48.7 Å². The first-order valence-electron chi connectivity index (χ1n) is 13.3. The quantitative estimate of drug-likeness (QED) is 0.207. The Balaban J connectivity index is 1.66. The lowest BCUT2D eigenvalue weighted by Crippen LogP contribution is -2.39. The Morgan fingerprint density at radius 2 is 2.00 bits per heavy atom. The highest BCUT2D eigenvalue weighted by Crippen LogP contribution is 2.57. The van der Waals surface area contributed by atoms with Gasteiger partial charge in [0.25, 0.3) is 0 Å². The van der Waals surface area contributed by atoms with Gasteiger partial charge in [-0.05, 0) is 63.6 Å². The smallest absolute Gasteiger partial charge is 0.332 e. The first-order valence-corrected chi connectivity index (χ1v) is 13.3. The van der Waals surface area contributed by atoms with E-state index >= 15 is 0 Å². The Morgan fingerprint density at radius 3 is 2.69 bits per heavy atom. The largest absolute Gasteiger partial charge is 0.458 e. The summed E-state index contributed by atoms with van der Waals surface area (Å²) in [7, 11) is 0. The first-order chi connectivity index (χ1) is 17.1. The van der Waals surface area contributed by atoms with Crippen molar-refractivity contribution < 1.29 is 28.5 Å². The lowest BCUT2D eigenvalue weighted by atomic mass is 9.69. The van der Waals surface area contributed by atoms with Gasteiger partial charge < -0.3 is 19.3 Å². The second-order valence-electron chi connectivity index (χ2n) is 11.2. The van der Waals surface area contributed by atoms with Gasteiger partial charge in [0, 0.05) is 11.3 Å². The maximum atomic E-state index is 13.7. The predicted molar refractivity (Wildman–Crippen MR) is 139 cm³/mol. The molecule has 1 aromatic carbocycles. The van der Waals surface area contributed by atoms with Gasteiger partial charge in [0.05, 0.1) is 25.4 Å². The van der Waals surface area contributed by atoms with E-state index in [9.17, 15) is 14.3 Å². The molecule has 1 N–H and O–H groups in total. The van der Waals surface area contributed by atoms with E-state index in [1.807, 2.05) is 45.1 Å². The van der Waals surface area contributed by atoms with Gasteiger partial charge in [-0.25, -0.2) is 9.18 Å². The van der Waals surface area contributed by atoms with Gasteiger partial charge in [0.2, 0.25) is 0 Å². The predicted octanol–water partition coefficient (Wildman–Crippen LogP) is 5.90. The third-order valence-corrected chi connectivity index (χ3v) is 7.21. The van der Waals surface area contributed by atoms with Crippen LogP contribution in [0.3, 0.4) is 0 Å². The molecule has 1 heterocycles. The maximum Gasteiger partial charge on any atom is 0.332 e. The molecule has 3 rings (SSSR count). The number of halogens is 1. The van der Waals surface area contributed by atoms with Crippen molar-refractivity contribution in [3.63, 3.8) is 0 Å². The molecule has 2 fully saturated rings. The summed E-state index contributed by atoms with van der Waals surface area (Å²) in [5, 5.41) is 10.5. The summed E-state index contributed by atoms with van der Waals surface area (Å²) in [6, 6.07) is 6.81. The summed E-state index contributed by atoms with van der Waals surface area (Å²) in [5.74, 6) is -0.201. The van der Waals surface area contributed by atoms with Crippen molar-refractivity contribution in [2.45, 2.75) is 89.4 Å². The standard InChI is InChI=1S/C30H43FO5/c1-5-6-7-10-24(32)16-17-25-26(11-8-9-18-34-20-28(33)36-29(2,3)4)30(19-27(25)35-21-30)22-12-14-23(31)15-13-22/h8-9,12-17,24-27,32H,5-7,10-11,18-21H2,1-4H3/b9-8-,17-16+/t24-,25+,26+,27+,30+/m1/s1. The third kappa shape index (κ3) is 7.74. The zero-order valence-electron chi connectivity index (χ0n) is 22.3. The second-order valence-corrected chi connectivity index (χ2v) is 11.2. The number of ether oxygens (including phenoxy) is 3. The van der Waals surface area contributed by atoms with Crippen molar-refractivity contribution in [2.24, 2.45) is 11.8 Å². The Labute approximate surface area is 215 Å². The van der Waals surface area contributed by atoms with E-state index in [-0.39, 0.29) is 41.7 Å². The highest BCUT2D eigenvalue weighted by Gasteiger charge is 2.58. The van der Waals surface area contributed by atoms with Gasteiger partial charge in [0.15, 0.2) is 0 Å². The first kappa shape index (κ1) is 28.5. The minimum Gasteiger partial charge on any atom is -0.458 e. The van der Waals surface area contributed by atoms with Crippen LogP contribution in [0, 0.1) is 17.7 Å². The lowest BCUT2D eigenvalue weighted by molar-refractivity contribution is -0.159. The fourth-order valence-corrected chi connectivity index (χ4v) is 5.55. The van der Waals surface area contributed by atoms with Crippen LogP contribution in [0.15, 0.2) is 48.6 Å². The number of carbonyl (C=O) groups excluding carboxylic acids is 1. The molecule has 200 valence electrons. The van der Waals surface area contributed by atoms with Crippen LogP contribution in [0.2, 0.25) is 0 Å². The number of hydrogen-bond acceptors (Lipinski definition) is 5. The molecule has 0 aromatic heterocycles. The highest BCUT2D eigenvalue weighted by molar-refractivity contribution is 5.71. The van der Waals surface area contributed by atoms with Crippen LogP contribution in [0.5, 0.6) is 0 Å². The molecule has 1 saturated heterocycles. The Kier molecular flexibility index (Phi) is 10.3. The van der Waals surface area contributed by atoms with Crippen LogP contribution in [0.25, 0.3) is 0 Å². The van der Waals surface area contributed by atoms with Crippen molar-refractivity contribution in [3.05, 3.63) is 60.0 Å². The molecular formula is C30H43FO5. The van der Waals surface area contributed by atoms with Gasteiger partial charge in [-0.15, -0.1) is 0 Å². The number of esters is 1. The molecule has 1 aliphatic carbocycles. The average molecular weight is 503 g/mol. The van der Waals surface area contributed by atoms with E-state index in [0.717, 1.165) is 44.1 Å². The van der Waals surface area contributed by atoms with Gasteiger partial charge in [-0.2, -0.15) is 0 Å². The summed E-state index contributed by atoms with van der Waals surface area (Å²) in [4.78, 5) is 11.8. The number of rotatable bonds is 13. The third-order valence-electron chi connectivity index (χ3n) is 7.21. The minimum absolute atomic E-state index is 0.0796. The molecule has 0 unspecified atom stereocenters. The Morgan fingerprint density at radius 1 is 1.25 bits per heavy atom. The van der Waals surface area contributed by atoms with E-state index in [2.05, 4.69) is 19.1 Å². The monoisotopic (exact) mass is 502 g/mol. The Bertz CT molecular complexity index is 888. The molecule has 2 bridgehead atoms.